The van der Waals surface area contributed by atoms with Gasteiger partial charge < -0.3 is 10.4 Å². The first-order valence-electron chi connectivity index (χ1n) is 8.05. The van der Waals surface area contributed by atoms with E-state index < -0.39 is 0 Å². The van der Waals surface area contributed by atoms with Crippen molar-refractivity contribution in [2.75, 3.05) is 18.5 Å². The molecule has 1 aromatic carbocycles. The number of rotatable bonds is 7. The highest BCUT2D eigenvalue weighted by atomic mass is 16.3. The number of benzene rings is 1. The van der Waals surface area contributed by atoms with Crippen molar-refractivity contribution in [1.29, 1.82) is 0 Å². The summed E-state index contributed by atoms with van der Waals surface area (Å²) in [6.07, 6.45) is 1.65. The van der Waals surface area contributed by atoms with E-state index in [0.29, 0.717) is 12.4 Å². The Labute approximate surface area is 142 Å². The highest BCUT2D eigenvalue weighted by Gasteiger charge is 2.15. The molecule has 0 radical (unpaired) electrons. The number of hydrogen-bond donors (Lipinski definition) is 3. The zero-order valence-electron chi connectivity index (χ0n) is 14.1. The van der Waals surface area contributed by atoms with E-state index in [1.807, 2.05) is 50.2 Å². The summed E-state index contributed by atoms with van der Waals surface area (Å²) in [7, 11) is 0. The predicted octanol–water partition coefficient (Wildman–Crippen LogP) is 3.06. The van der Waals surface area contributed by atoms with Crippen LogP contribution in [-0.4, -0.2) is 34.5 Å². The van der Waals surface area contributed by atoms with Crippen LogP contribution in [0.3, 0.4) is 0 Å². The van der Waals surface area contributed by atoms with E-state index >= 15 is 0 Å². The Morgan fingerprint density at radius 2 is 1.88 bits per heavy atom. The number of carbonyl (C=O) groups is 1. The second-order valence-electron chi connectivity index (χ2n) is 6.48. The normalized spacial score (nSPS) is 11.1. The molecule has 1 heterocycles. The van der Waals surface area contributed by atoms with E-state index in [1.54, 1.807) is 6.07 Å². The second kappa shape index (κ2) is 8.40. The summed E-state index contributed by atoms with van der Waals surface area (Å²) in [5, 5.41) is 22.8. The van der Waals surface area contributed by atoms with Crippen molar-refractivity contribution < 1.29 is 9.90 Å². The monoisotopic (exact) mass is 328 g/mol. The maximum absolute atomic E-state index is 11.8. The lowest BCUT2D eigenvalue weighted by atomic mass is 9.89. The van der Waals surface area contributed by atoms with Crippen LogP contribution < -0.4 is 10.6 Å². The van der Waals surface area contributed by atoms with Crippen LogP contribution in [0.1, 0.15) is 26.7 Å². The van der Waals surface area contributed by atoms with Gasteiger partial charge in [-0.1, -0.05) is 44.2 Å². The number of anilines is 1. The molecule has 0 unspecified atom stereocenters. The van der Waals surface area contributed by atoms with Gasteiger partial charge in [-0.2, -0.15) is 0 Å². The minimum absolute atomic E-state index is 0.114. The standard InChI is InChI=1S/C18H24N4O2/c1-18(2,13-23)11-6-12-19-17(24)20-16-10-9-15(21-22-16)14-7-4-3-5-8-14/h3-5,7-10,23H,6,11-13H2,1-2H3,(H2,19,20,22,24). The van der Waals surface area contributed by atoms with Crippen LogP contribution in [0.15, 0.2) is 42.5 Å². The SMILES string of the molecule is CC(C)(CO)CCCNC(=O)Nc1ccc(-c2ccccc2)nn1. The fourth-order valence-electron chi connectivity index (χ4n) is 2.17. The van der Waals surface area contributed by atoms with E-state index in [0.717, 1.165) is 24.1 Å². The molecule has 3 N–H and O–H groups in total. The number of aromatic nitrogens is 2. The fourth-order valence-corrected chi connectivity index (χ4v) is 2.17. The van der Waals surface area contributed by atoms with Gasteiger partial charge in [-0.15, -0.1) is 10.2 Å². The van der Waals surface area contributed by atoms with Gasteiger partial charge in [0.1, 0.15) is 0 Å². The molecule has 0 aliphatic heterocycles. The van der Waals surface area contributed by atoms with Crippen molar-refractivity contribution in [1.82, 2.24) is 15.5 Å². The summed E-state index contributed by atoms with van der Waals surface area (Å²) in [5.41, 5.74) is 1.62. The molecule has 6 heteroatoms. The molecule has 1 aromatic heterocycles. The summed E-state index contributed by atoms with van der Waals surface area (Å²) in [5.74, 6) is 0.405. The lowest BCUT2D eigenvalue weighted by molar-refractivity contribution is 0.148. The Hall–Kier alpha value is -2.47. The summed E-state index contributed by atoms with van der Waals surface area (Å²) >= 11 is 0. The van der Waals surface area contributed by atoms with Crippen LogP contribution >= 0.6 is 0 Å². The first-order chi connectivity index (χ1) is 11.5. The Morgan fingerprint density at radius 3 is 2.50 bits per heavy atom. The number of nitrogens with one attached hydrogen (secondary N) is 2. The van der Waals surface area contributed by atoms with Crippen molar-refractivity contribution in [3.05, 3.63) is 42.5 Å². The first-order valence-corrected chi connectivity index (χ1v) is 8.05. The largest absolute Gasteiger partial charge is 0.396 e. The number of amides is 2. The highest BCUT2D eigenvalue weighted by molar-refractivity contribution is 5.88. The first kappa shape index (κ1) is 17.9. The molecule has 2 rings (SSSR count). The Kier molecular flexibility index (Phi) is 6.26. The van der Waals surface area contributed by atoms with Gasteiger partial charge in [0, 0.05) is 18.7 Å². The minimum atomic E-state index is -0.307. The topological polar surface area (TPSA) is 87.1 Å². The minimum Gasteiger partial charge on any atom is -0.396 e. The summed E-state index contributed by atoms with van der Waals surface area (Å²) in [4.78, 5) is 11.8. The second-order valence-corrected chi connectivity index (χ2v) is 6.48. The molecule has 24 heavy (non-hydrogen) atoms. The zero-order chi connectivity index (χ0) is 17.4. The Bertz CT molecular complexity index is 642. The Morgan fingerprint density at radius 1 is 1.12 bits per heavy atom. The lowest BCUT2D eigenvalue weighted by Gasteiger charge is -2.21. The molecule has 2 amide bonds. The van der Waals surface area contributed by atoms with Crippen molar-refractivity contribution in [3.63, 3.8) is 0 Å². The van der Waals surface area contributed by atoms with E-state index in [4.69, 9.17) is 0 Å². The summed E-state index contributed by atoms with van der Waals surface area (Å²) in [6, 6.07) is 13.0. The maximum Gasteiger partial charge on any atom is 0.320 e. The van der Waals surface area contributed by atoms with Gasteiger partial charge in [-0.3, -0.25) is 5.32 Å². The molecule has 0 saturated carbocycles. The predicted molar refractivity (Wildman–Crippen MR) is 94.6 cm³/mol. The molecule has 0 atom stereocenters. The molecule has 0 bridgehead atoms. The number of carbonyl (C=O) groups excluding carboxylic acids is 1. The number of hydrogen-bond acceptors (Lipinski definition) is 4. The Balaban J connectivity index is 1.78. The van der Waals surface area contributed by atoms with Crippen LogP contribution in [0.5, 0.6) is 0 Å². The number of aliphatic hydroxyl groups is 1. The maximum atomic E-state index is 11.8. The highest BCUT2D eigenvalue weighted by Crippen LogP contribution is 2.20. The quantitative estimate of drug-likeness (QED) is 0.682. The van der Waals surface area contributed by atoms with Gasteiger partial charge in [0.25, 0.3) is 0 Å². The molecular weight excluding hydrogens is 304 g/mol. The molecule has 0 aliphatic rings. The molecule has 0 fully saturated rings. The number of urea groups is 1. The van der Waals surface area contributed by atoms with Crippen LogP contribution in [-0.2, 0) is 0 Å². The molecule has 0 aliphatic carbocycles. The molecule has 6 nitrogen and oxygen atoms in total. The van der Waals surface area contributed by atoms with Gasteiger partial charge in [0.05, 0.1) is 5.69 Å². The summed E-state index contributed by atoms with van der Waals surface area (Å²) < 4.78 is 0. The third-order valence-corrected chi connectivity index (χ3v) is 3.72. The van der Waals surface area contributed by atoms with E-state index in [9.17, 15) is 9.90 Å². The van der Waals surface area contributed by atoms with Crippen LogP contribution in [0.2, 0.25) is 0 Å². The zero-order valence-corrected chi connectivity index (χ0v) is 14.1. The smallest absolute Gasteiger partial charge is 0.320 e. The molecule has 128 valence electrons. The summed E-state index contributed by atoms with van der Waals surface area (Å²) in [6.45, 7) is 4.68. The van der Waals surface area contributed by atoms with E-state index in [2.05, 4.69) is 20.8 Å². The van der Waals surface area contributed by atoms with Crippen LogP contribution in [0, 0.1) is 5.41 Å². The van der Waals surface area contributed by atoms with Gasteiger partial charge in [-0.25, -0.2) is 4.79 Å². The fraction of sp³-hybridized carbons (Fsp3) is 0.389. The van der Waals surface area contributed by atoms with Crippen LogP contribution in [0.4, 0.5) is 10.6 Å². The third kappa shape index (κ3) is 5.62. The van der Waals surface area contributed by atoms with Crippen molar-refractivity contribution >= 4 is 11.8 Å². The molecule has 2 aromatic rings. The molecular formula is C18H24N4O2. The average Bonchev–Trinajstić information content (AvgIpc) is 2.60. The van der Waals surface area contributed by atoms with E-state index in [-0.39, 0.29) is 18.1 Å². The van der Waals surface area contributed by atoms with Crippen molar-refractivity contribution in [2.24, 2.45) is 5.41 Å². The van der Waals surface area contributed by atoms with Gasteiger partial charge in [-0.05, 0) is 30.4 Å². The van der Waals surface area contributed by atoms with Crippen molar-refractivity contribution in [2.45, 2.75) is 26.7 Å². The third-order valence-electron chi connectivity index (χ3n) is 3.72. The number of aliphatic hydroxyl groups excluding tert-OH is 1. The number of nitrogens with zero attached hydrogens (tertiary/aromatic N) is 2. The van der Waals surface area contributed by atoms with E-state index in [1.165, 1.54) is 0 Å². The van der Waals surface area contributed by atoms with Gasteiger partial charge >= 0.3 is 6.03 Å². The average molecular weight is 328 g/mol. The van der Waals surface area contributed by atoms with Crippen LogP contribution in [0.25, 0.3) is 11.3 Å². The molecule has 0 spiro atoms. The lowest BCUT2D eigenvalue weighted by Crippen LogP contribution is -2.30. The van der Waals surface area contributed by atoms with Gasteiger partial charge in [0.2, 0.25) is 0 Å². The van der Waals surface area contributed by atoms with Gasteiger partial charge in [0.15, 0.2) is 5.82 Å². The molecule has 0 saturated heterocycles. The van der Waals surface area contributed by atoms with Crippen molar-refractivity contribution in [3.8, 4) is 11.3 Å².